The van der Waals surface area contributed by atoms with Gasteiger partial charge in [-0.1, -0.05) is 35.0 Å². The summed E-state index contributed by atoms with van der Waals surface area (Å²) in [5.41, 5.74) is 0.212. The molecule has 0 bridgehead atoms. The maximum Gasteiger partial charge on any atom is 0.238 e. The molecule has 0 amide bonds. The van der Waals surface area contributed by atoms with Gasteiger partial charge in [-0.2, -0.15) is 0 Å². The van der Waals surface area contributed by atoms with E-state index in [-0.39, 0.29) is 15.6 Å². The molecule has 5 nitrogen and oxygen atoms in total. The van der Waals surface area contributed by atoms with Crippen molar-refractivity contribution < 1.29 is 13.3 Å². The molecule has 0 saturated heterocycles. The molecular weight excluding hydrogens is 240 g/mol. The van der Waals surface area contributed by atoms with E-state index >= 15 is 0 Å². The van der Waals surface area contributed by atoms with Gasteiger partial charge in [0.1, 0.15) is 7.11 Å². The second kappa shape index (κ2) is 4.61. The fourth-order valence-electron chi connectivity index (χ4n) is 1.01. The zero-order valence-electron chi connectivity index (χ0n) is 7.84. The minimum absolute atomic E-state index is 0.0675. The van der Waals surface area contributed by atoms with Crippen LogP contribution >= 0.6 is 11.6 Å². The minimum Gasteiger partial charge on any atom is -0.398 e. The van der Waals surface area contributed by atoms with Crippen molar-refractivity contribution in [1.29, 1.82) is 0 Å². The second-order valence-electron chi connectivity index (χ2n) is 2.61. The van der Waals surface area contributed by atoms with Gasteiger partial charge >= 0.3 is 0 Å². The maximum atomic E-state index is 11.2. The molecule has 1 aromatic rings. The summed E-state index contributed by atoms with van der Waals surface area (Å²) in [6.07, 6.45) is 0. The van der Waals surface area contributed by atoms with Crippen molar-refractivity contribution in [2.45, 2.75) is 4.90 Å². The van der Waals surface area contributed by atoms with E-state index in [2.05, 4.69) is 9.99 Å². The Morgan fingerprint density at radius 3 is 2.60 bits per heavy atom. The van der Waals surface area contributed by atoms with Crippen LogP contribution in [0, 0.1) is 0 Å². The standard InChI is InChI=1S/C8H9ClN2O3S/c1-14-11-8(9)6-4-2-3-5-7(6)15(10,12)13/h2-5H,1H3,(H2,10,12,13). The molecule has 1 aromatic carbocycles. The lowest BCUT2D eigenvalue weighted by molar-refractivity contribution is 0.214. The summed E-state index contributed by atoms with van der Waals surface area (Å²) in [6.45, 7) is 0. The van der Waals surface area contributed by atoms with Crippen molar-refractivity contribution in [2.24, 2.45) is 10.3 Å². The zero-order chi connectivity index (χ0) is 11.5. The van der Waals surface area contributed by atoms with E-state index in [0.717, 1.165) is 0 Å². The molecule has 0 atom stereocenters. The van der Waals surface area contributed by atoms with Gasteiger partial charge in [-0.15, -0.1) is 0 Å². The second-order valence-corrected chi connectivity index (χ2v) is 4.49. The fourth-order valence-corrected chi connectivity index (χ4v) is 2.04. The first-order valence-electron chi connectivity index (χ1n) is 3.85. The molecule has 0 spiro atoms. The van der Waals surface area contributed by atoms with Crippen LogP contribution < -0.4 is 5.14 Å². The van der Waals surface area contributed by atoms with Crippen LogP contribution in [0.1, 0.15) is 5.56 Å². The Morgan fingerprint density at radius 2 is 2.07 bits per heavy atom. The zero-order valence-corrected chi connectivity index (χ0v) is 9.42. The quantitative estimate of drug-likeness (QED) is 0.637. The normalized spacial score (nSPS) is 12.6. The number of nitrogens with zero attached hydrogens (tertiary/aromatic N) is 1. The van der Waals surface area contributed by atoms with E-state index in [1.54, 1.807) is 12.1 Å². The lowest BCUT2D eigenvalue weighted by Gasteiger charge is -2.04. The number of halogens is 1. The molecule has 2 N–H and O–H groups in total. The molecular formula is C8H9ClN2O3S. The Kier molecular flexibility index (Phi) is 3.67. The third-order valence-electron chi connectivity index (χ3n) is 1.59. The summed E-state index contributed by atoms with van der Waals surface area (Å²) in [6, 6.07) is 6.00. The first kappa shape index (κ1) is 12.0. The molecule has 0 unspecified atom stereocenters. The van der Waals surface area contributed by atoms with Crippen molar-refractivity contribution in [1.82, 2.24) is 0 Å². The largest absolute Gasteiger partial charge is 0.398 e. The Balaban J connectivity index is 3.37. The lowest BCUT2D eigenvalue weighted by atomic mass is 10.2. The van der Waals surface area contributed by atoms with Crippen LogP contribution in [0.4, 0.5) is 0 Å². The van der Waals surface area contributed by atoms with E-state index in [1.165, 1.54) is 19.2 Å². The van der Waals surface area contributed by atoms with E-state index in [9.17, 15) is 8.42 Å². The molecule has 1 rings (SSSR count). The molecule has 82 valence electrons. The van der Waals surface area contributed by atoms with Crippen molar-refractivity contribution in [3.8, 4) is 0 Å². The Bertz CT molecular complexity index is 484. The highest BCUT2D eigenvalue weighted by atomic mass is 35.5. The van der Waals surface area contributed by atoms with Gasteiger partial charge in [-0.05, 0) is 6.07 Å². The summed E-state index contributed by atoms with van der Waals surface area (Å²) in [7, 11) is -2.51. The van der Waals surface area contributed by atoms with Crippen molar-refractivity contribution in [3.63, 3.8) is 0 Å². The molecule has 0 aliphatic rings. The maximum absolute atomic E-state index is 11.2. The van der Waals surface area contributed by atoms with Gasteiger partial charge in [0, 0.05) is 5.56 Å². The Hall–Kier alpha value is -1.11. The van der Waals surface area contributed by atoms with Gasteiger partial charge in [0.15, 0.2) is 5.17 Å². The molecule has 0 saturated carbocycles. The van der Waals surface area contributed by atoms with Gasteiger partial charge in [-0.3, -0.25) is 0 Å². The van der Waals surface area contributed by atoms with E-state index in [1.807, 2.05) is 0 Å². The average molecular weight is 249 g/mol. The van der Waals surface area contributed by atoms with Crippen LogP contribution in [0.15, 0.2) is 34.3 Å². The lowest BCUT2D eigenvalue weighted by Crippen LogP contribution is -2.15. The molecule has 7 heteroatoms. The third-order valence-corrected chi connectivity index (χ3v) is 2.83. The van der Waals surface area contributed by atoms with Crippen LogP contribution in [0.5, 0.6) is 0 Å². The first-order chi connectivity index (χ1) is 6.96. The first-order valence-corrected chi connectivity index (χ1v) is 5.78. The predicted molar refractivity (Wildman–Crippen MR) is 57.2 cm³/mol. The molecule has 0 aliphatic heterocycles. The summed E-state index contributed by atoms with van der Waals surface area (Å²) in [4.78, 5) is 4.36. The van der Waals surface area contributed by atoms with Gasteiger partial charge < -0.3 is 4.84 Å². The molecule has 0 aromatic heterocycles. The van der Waals surface area contributed by atoms with Crippen LogP contribution in [0.3, 0.4) is 0 Å². The van der Waals surface area contributed by atoms with Crippen LogP contribution in [-0.2, 0) is 14.9 Å². The van der Waals surface area contributed by atoms with Crippen LogP contribution in [0.2, 0.25) is 0 Å². The smallest absolute Gasteiger partial charge is 0.238 e. The van der Waals surface area contributed by atoms with E-state index in [4.69, 9.17) is 16.7 Å². The number of hydrogen-bond donors (Lipinski definition) is 1. The summed E-state index contributed by atoms with van der Waals surface area (Å²) in [5.74, 6) is 0. The van der Waals surface area contributed by atoms with Crippen LogP contribution in [-0.4, -0.2) is 20.7 Å². The fraction of sp³-hybridized carbons (Fsp3) is 0.125. The highest BCUT2D eigenvalue weighted by Crippen LogP contribution is 2.16. The number of nitrogens with two attached hydrogens (primary N) is 1. The van der Waals surface area contributed by atoms with Crippen LogP contribution in [0.25, 0.3) is 0 Å². The SMILES string of the molecule is CON=C(Cl)c1ccccc1S(N)(=O)=O. The number of hydrogen-bond acceptors (Lipinski definition) is 4. The van der Waals surface area contributed by atoms with Crippen molar-refractivity contribution in [3.05, 3.63) is 29.8 Å². The number of rotatable bonds is 3. The van der Waals surface area contributed by atoms with Crippen molar-refractivity contribution >= 4 is 26.8 Å². The highest BCUT2D eigenvalue weighted by molar-refractivity contribution is 7.89. The predicted octanol–water partition coefficient (Wildman–Crippen LogP) is 0.881. The number of sulfonamides is 1. The molecule has 0 fully saturated rings. The highest BCUT2D eigenvalue weighted by Gasteiger charge is 2.16. The van der Waals surface area contributed by atoms with Gasteiger partial charge in [0.25, 0.3) is 0 Å². The molecule has 0 heterocycles. The van der Waals surface area contributed by atoms with Crippen molar-refractivity contribution in [2.75, 3.05) is 7.11 Å². The molecule has 0 radical (unpaired) electrons. The minimum atomic E-state index is -3.82. The number of oxime groups is 1. The Morgan fingerprint density at radius 1 is 1.47 bits per heavy atom. The average Bonchev–Trinajstić information content (AvgIpc) is 2.17. The molecule has 15 heavy (non-hydrogen) atoms. The van der Waals surface area contributed by atoms with Gasteiger partial charge in [0.05, 0.1) is 4.90 Å². The summed E-state index contributed by atoms with van der Waals surface area (Å²) in [5, 5.41) is 8.37. The summed E-state index contributed by atoms with van der Waals surface area (Å²) < 4.78 is 22.4. The third kappa shape index (κ3) is 2.92. The topological polar surface area (TPSA) is 81.8 Å². The van der Waals surface area contributed by atoms with Gasteiger partial charge in [-0.25, -0.2) is 13.6 Å². The monoisotopic (exact) mass is 248 g/mol. The van der Waals surface area contributed by atoms with E-state index in [0.29, 0.717) is 0 Å². The number of benzene rings is 1. The van der Waals surface area contributed by atoms with Gasteiger partial charge in [0.2, 0.25) is 10.0 Å². The number of primary sulfonamides is 1. The summed E-state index contributed by atoms with van der Waals surface area (Å²) >= 11 is 5.72. The van der Waals surface area contributed by atoms with E-state index < -0.39 is 10.0 Å². The molecule has 0 aliphatic carbocycles. The Labute approximate surface area is 92.5 Å².